The fourth-order valence-electron chi connectivity index (χ4n) is 1.48. The van der Waals surface area contributed by atoms with Crippen LogP contribution in [0.2, 0.25) is 5.02 Å². The first-order valence-corrected chi connectivity index (χ1v) is 5.69. The van der Waals surface area contributed by atoms with Crippen LogP contribution < -0.4 is 5.73 Å². The maximum Gasteiger partial charge on any atom is 0.152 e. The summed E-state index contributed by atoms with van der Waals surface area (Å²) in [7, 11) is 0. The number of thiocarbonyl (C=S) groups is 1. The fraction of sp³-hybridized carbons (Fsp3) is 0.0909. The average Bonchev–Trinajstić information content (AvgIpc) is 2.57. The molecule has 0 aliphatic rings. The van der Waals surface area contributed by atoms with Crippen molar-refractivity contribution in [1.82, 2.24) is 9.78 Å². The molecule has 0 saturated carbocycles. The van der Waals surface area contributed by atoms with E-state index in [1.807, 2.05) is 0 Å². The topological polar surface area (TPSA) is 43.8 Å². The summed E-state index contributed by atoms with van der Waals surface area (Å²) < 4.78 is 28.7. The summed E-state index contributed by atoms with van der Waals surface area (Å²) in [4.78, 5) is -0.0750. The molecule has 18 heavy (non-hydrogen) atoms. The van der Waals surface area contributed by atoms with Crippen molar-refractivity contribution < 1.29 is 8.78 Å². The molecule has 0 fully saturated rings. The Morgan fingerprint density at radius 1 is 1.39 bits per heavy atom. The Balaban J connectivity index is 2.62. The number of hydrogen-bond donors (Lipinski definition) is 1. The highest BCUT2D eigenvalue weighted by atomic mass is 35.5. The van der Waals surface area contributed by atoms with E-state index in [4.69, 9.17) is 17.3 Å². The summed E-state index contributed by atoms with van der Waals surface area (Å²) >= 11 is 10.5. The number of nitrogens with zero attached hydrogens (tertiary/aromatic N) is 2. The van der Waals surface area contributed by atoms with E-state index in [0.717, 1.165) is 16.8 Å². The van der Waals surface area contributed by atoms with Crippen LogP contribution in [0.25, 0.3) is 5.69 Å². The van der Waals surface area contributed by atoms with Crippen molar-refractivity contribution in [3.63, 3.8) is 0 Å². The SMILES string of the molecule is Cc1nn(-c2c(F)cc(C(N)=S)cc2F)cc1Cl. The van der Waals surface area contributed by atoms with Crippen LogP contribution in [0.15, 0.2) is 18.3 Å². The van der Waals surface area contributed by atoms with Gasteiger partial charge in [0.15, 0.2) is 11.6 Å². The summed E-state index contributed by atoms with van der Waals surface area (Å²) in [6.45, 7) is 1.64. The highest BCUT2D eigenvalue weighted by Crippen LogP contribution is 2.22. The molecule has 0 aliphatic carbocycles. The molecule has 0 saturated heterocycles. The van der Waals surface area contributed by atoms with Crippen LogP contribution in [0.1, 0.15) is 11.3 Å². The number of benzene rings is 1. The van der Waals surface area contributed by atoms with E-state index in [1.165, 1.54) is 6.20 Å². The van der Waals surface area contributed by atoms with Gasteiger partial charge in [-0.05, 0) is 19.1 Å². The molecule has 0 amide bonds. The Bertz CT molecular complexity index is 597. The van der Waals surface area contributed by atoms with Gasteiger partial charge < -0.3 is 5.73 Å². The molecule has 1 aromatic heterocycles. The third kappa shape index (κ3) is 2.21. The fourth-order valence-corrected chi connectivity index (χ4v) is 1.73. The first-order chi connectivity index (χ1) is 8.40. The van der Waals surface area contributed by atoms with Gasteiger partial charge >= 0.3 is 0 Å². The molecule has 2 aromatic rings. The minimum absolute atomic E-state index is 0.0750. The highest BCUT2D eigenvalue weighted by molar-refractivity contribution is 7.80. The van der Waals surface area contributed by atoms with Gasteiger partial charge in [0.2, 0.25) is 0 Å². The standard InChI is InChI=1S/C11H8ClF2N3S/c1-5-7(12)4-17(16-5)10-8(13)2-6(11(15)18)3-9(10)14/h2-4H,1H3,(H2,15,18). The maximum absolute atomic E-state index is 13.8. The van der Waals surface area contributed by atoms with Crippen molar-refractivity contribution in [3.8, 4) is 5.69 Å². The molecule has 0 atom stereocenters. The monoisotopic (exact) mass is 287 g/mol. The van der Waals surface area contributed by atoms with Gasteiger partial charge in [-0.3, -0.25) is 0 Å². The number of rotatable bonds is 2. The molecule has 2 N–H and O–H groups in total. The number of hydrogen-bond acceptors (Lipinski definition) is 2. The van der Waals surface area contributed by atoms with Crippen LogP contribution in [0, 0.1) is 18.6 Å². The Labute approximate surface area is 112 Å². The van der Waals surface area contributed by atoms with Crippen molar-refractivity contribution >= 4 is 28.8 Å². The summed E-state index contributed by atoms with van der Waals surface area (Å²) in [5.74, 6) is -1.62. The molecule has 1 aromatic carbocycles. The lowest BCUT2D eigenvalue weighted by Gasteiger charge is -2.07. The first kappa shape index (κ1) is 12.9. The van der Waals surface area contributed by atoms with E-state index in [0.29, 0.717) is 10.7 Å². The smallest absolute Gasteiger partial charge is 0.152 e. The highest BCUT2D eigenvalue weighted by Gasteiger charge is 2.16. The molecular weight excluding hydrogens is 280 g/mol. The largest absolute Gasteiger partial charge is 0.389 e. The zero-order chi connectivity index (χ0) is 13.4. The minimum Gasteiger partial charge on any atom is -0.389 e. The van der Waals surface area contributed by atoms with Gasteiger partial charge in [0.25, 0.3) is 0 Å². The van der Waals surface area contributed by atoms with Gasteiger partial charge in [0.1, 0.15) is 10.7 Å². The predicted molar refractivity (Wildman–Crippen MR) is 69.1 cm³/mol. The lowest BCUT2D eigenvalue weighted by Crippen LogP contribution is -2.12. The summed E-state index contributed by atoms with van der Waals surface area (Å²) in [5, 5.41) is 4.24. The van der Waals surface area contributed by atoms with Crippen molar-refractivity contribution in [1.29, 1.82) is 0 Å². The first-order valence-electron chi connectivity index (χ1n) is 4.91. The lowest BCUT2D eigenvalue weighted by atomic mass is 10.2. The number of nitrogens with two attached hydrogens (primary N) is 1. The summed E-state index contributed by atoms with van der Waals surface area (Å²) in [5.41, 5.74) is 5.61. The zero-order valence-corrected chi connectivity index (χ0v) is 10.8. The van der Waals surface area contributed by atoms with Crippen molar-refractivity contribution in [2.45, 2.75) is 6.92 Å². The zero-order valence-electron chi connectivity index (χ0n) is 9.25. The Morgan fingerprint density at radius 2 is 1.94 bits per heavy atom. The van der Waals surface area contributed by atoms with Gasteiger partial charge in [0.05, 0.1) is 10.7 Å². The number of aryl methyl sites for hydroxylation is 1. The number of aromatic nitrogens is 2. The normalized spacial score (nSPS) is 10.7. The predicted octanol–water partition coefficient (Wildman–Crippen LogP) is 2.75. The Kier molecular flexibility index (Phi) is 3.32. The molecule has 0 radical (unpaired) electrons. The van der Waals surface area contributed by atoms with Gasteiger partial charge in [-0.2, -0.15) is 5.10 Å². The van der Waals surface area contributed by atoms with Crippen molar-refractivity contribution in [3.05, 3.63) is 46.2 Å². The summed E-state index contributed by atoms with van der Waals surface area (Å²) in [6.07, 6.45) is 1.33. The second-order valence-electron chi connectivity index (χ2n) is 3.66. The van der Waals surface area contributed by atoms with Crippen LogP contribution in [-0.4, -0.2) is 14.8 Å². The van der Waals surface area contributed by atoms with Crippen LogP contribution in [0.4, 0.5) is 8.78 Å². The van der Waals surface area contributed by atoms with Crippen LogP contribution in [-0.2, 0) is 0 Å². The summed E-state index contributed by atoms with van der Waals surface area (Å²) in [6, 6.07) is 2.12. The van der Waals surface area contributed by atoms with Crippen LogP contribution in [0.5, 0.6) is 0 Å². The van der Waals surface area contributed by atoms with E-state index < -0.39 is 11.6 Å². The molecule has 0 bridgehead atoms. The maximum atomic E-state index is 13.8. The van der Waals surface area contributed by atoms with Gasteiger partial charge in [-0.1, -0.05) is 23.8 Å². The molecule has 7 heteroatoms. The molecule has 0 spiro atoms. The average molecular weight is 288 g/mol. The molecule has 2 rings (SSSR count). The van der Waals surface area contributed by atoms with Crippen molar-refractivity contribution in [2.24, 2.45) is 5.73 Å². The van der Waals surface area contributed by atoms with Crippen LogP contribution >= 0.6 is 23.8 Å². The van der Waals surface area contributed by atoms with E-state index >= 15 is 0 Å². The van der Waals surface area contributed by atoms with E-state index in [1.54, 1.807) is 6.92 Å². The van der Waals surface area contributed by atoms with Crippen molar-refractivity contribution in [2.75, 3.05) is 0 Å². The van der Waals surface area contributed by atoms with Gasteiger partial charge in [-0.15, -0.1) is 0 Å². The lowest BCUT2D eigenvalue weighted by molar-refractivity contribution is 0.559. The van der Waals surface area contributed by atoms with Gasteiger partial charge in [0, 0.05) is 11.8 Å². The molecule has 3 nitrogen and oxygen atoms in total. The second-order valence-corrected chi connectivity index (χ2v) is 4.51. The third-order valence-electron chi connectivity index (χ3n) is 2.37. The van der Waals surface area contributed by atoms with E-state index in [2.05, 4.69) is 17.3 Å². The van der Waals surface area contributed by atoms with Gasteiger partial charge in [-0.25, -0.2) is 13.5 Å². The molecule has 1 heterocycles. The molecule has 94 valence electrons. The second kappa shape index (κ2) is 4.62. The van der Waals surface area contributed by atoms with E-state index in [9.17, 15) is 8.78 Å². The van der Waals surface area contributed by atoms with Crippen LogP contribution in [0.3, 0.4) is 0 Å². The number of halogens is 3. The van der Waals surface area contributed by atoms with E-state index in [-0.39, 0.29) is 16.2 Å². The molecular formula is C11H8ClF2N3S. The molecule has 0 unspecified atom stereocenters. The Morgan fingerprint density at radius 3 is 2.33 bits per heavy atom. The minimum atomic E-state index is -0.808. The quantitative estimate of drug-likeness (QED) is 0.864. The Hall–Kier alpha value is -1.53. The molecule has 0 aliphatic heterocycles. The third-order valence-corrected chi connectivity index (χ3v) is 2.98.